The Morgan fingerprint density at radius 3 is 3.08 bits per heavy atom. The number of pyridine rings is 1. The van der Waals surface area contributed by atoms with Crippen molar-refractivity contribution in [1.29, 1.82) is 0 Å². The van der Waals surface area contributed by atoms with E-state index in [1.165, 1.54) is 0 Å². The molecular weight excluding hydrogens is 166 g/mol. The van der Waals surface area contributed by atoms with Crippen LogP contribution in [0, 0.1) is 12.3 Å². The number of carbonyl (C=O) groups is 1. The highest BCUT2D eigenvalue weighted by molar-refractivity contribution is 5.72. The van der Waals surface area contributed by atoms with Gasteiger partial charge in [-0.25, -0.2) is 0 Å². The highest BCUT2D eigenvalue weighted by atomic mass is 16.5. The number of terminal acetylenes is 1. The van der Waals surface area contributed by atoms with Crippen molar-refractivity contribution in [1.82, 2.24) is 4.98 Å². The Hall–Kier alpha value is -1.82. The molecule has 3 heteroatoms. The summed E-state index contributed by atoms with van der Waals surface area (Å²) in [6, 6.07) is 5.37. The fraction of sp³-hybridized carbons (Fsp3) is 0.200. The van der Waals surface area contributed by atoms with Crippen molar-refractivity contribution >= 4 is 5.97 Å². The zero-order valence-electron chi connectivity index (χ0n) is 7.06. The van der Waals surface area contributed by atoms with Gasteiger partial charge in [-0.3, -0.25) is 9.78 Å². The fourth-order valence-electron chi connectivity index (χ4n) is 0.824. The monoisotopic (exact) mass is 175 g/mol. The molecule has 0 spiro atoms. The van der Waals surface area contributed by atoms with E-state index >= 15 is 0 Å². The van der Waals surface area contributed by atoms with Crippen LogP contribution >= 0.6 is 0 Å². The van der Waals surface area contributed by atoms with Crippen LogP contribution in [0.25, 0.3) is 0 Å². The molecule has 0 aromatic carbocycles. The summed E-state index contributed by atoms with van der Waals surface area (Å²) < 4.78 is 4.68. The predicted octanol–water partition coefficient (Wildman–Crippen LogP) is 0.800. The maximum Gasteiger partial charge on any atom is 0.312 e. The van der Waals surface area contributed by atoms with Gasteiger partial charge in [-0.2, -0.15) is 0 Å². The van der Waals surface area contributed by atoms with Crippen molar-refractivity contribution in [2.45, 2.75) is 6.42 Å². The van der Waals surface area contributed by atoms with Gasteiger partial charge in [0.25, 0.3) is 0 Å². The molecule has 0 atom stereocenters. The Bertz CT molecular complexity index is 313. The second-order valence-electron chi connectivity index (χ2n) is 2.36. The Kier molecular flexibility index (Phi) is 3.52. The van der Waals surface area contributed by atoms with E-state index in [9.17, 15) is 4.79 Å². The van der Waals surface area contributed by atoms with E-state index in [4.69, 9.17) is 6.42 Å². The van der Waals surface area contributed by atoms with Crippen LogP contribution in [0.3, 0.4) is 0 Å². The first kappa shape index (κ1) is 9.27. The minimum Gasteiger partial charge on any atom is -0.452 e. The van der Waals surface area contributed by atoms with Crippen LogP contribution in [0.2, 0.25) is 0 Å². The highest BCUT2D eigenvalue weighted by Gasteiger charge is 2.03. The summed E-state index contributed by atoms with van der Waals surface area (Å²) >= 11 is 0. The van der Waals surface area contributed by atoms with Gasteiger partial charge >= 0.3 is 5.97 Å². The van der Waals surface area contributed by atoms with Gasteiger partial charge in [0.15, 0.2) is 6.61 Å². The molecule has 0 radical (unpaired) electrons. The largest absolute Gasteiger partial charge is 0.452 e. The number of aromatic nitrogens is 1. The van der Waals surface area contributed by atoms with Crippen LogP contribution in [0.1, 0.15) is 5.69 Å². The summed E-state index contributed by atoms with van der Waals surface area (Å²) in [5.74, 6) is 1.87. The molecule has 66 valence electrons. The number of hydrogen-bond donors (Lipinski definition) is 0. The summed E-state index contributed by atoms with van der Waals surface area (Å²) in [6.45, 7) is 0.0195. The molecule has 13 heavy (non-hydrogen) atoms. The first-order valence-electron chi connectivity index (χ1n) is 3.82. The van der Waals surface area contributed by atoms with E-state index in [0.717, 1.165) is 0 Å². The van der Waals surface area contributed by atoms with Gasteiger partial charge in [0.05, 0.1) is 12.1 Å². The molecule has 1 aromatic rings. The lowest BCUT2D eigenvalue weighted by atomic mass is 10.3. The lowest BCUT2D eigenvalue weighted by molar-refractivity contribution is -0.141. The molecular formula is C10H9NO2. The average molecular weight is 175 g/mol. The normalized spacial score (nSPS) is 8.85. The molecule has 0 saturated carbocycles. The standard InChI is InChI=1S/C10H9NO2/c1-2-7-13-10(12)8-9-5-3-4-6-11-9/h1,3-6H,7-8H2. The molecule has 0 N–H and O–H groups in total. The Morgan fingerprint density at radius 2 is 2.46 bits per heavy atom. The van der Waals surface area contributed by atoms with Crippen molar-refractivity contribution in [3.8, 4) is 12.3 Å². The van der Waals surface area contributed by atoms with E-state index in [-0.39, 0.29) is 19.0 Å². The summed E-state index contributed by atoms with van der Waals surface area (Å²) in [6.07, 6.45) is 6.73. The van der Waals surface area contributed by atoms with Gasteiger partial charge in [-0.15, -0.1) is 6.42 Å². The molecule has 3 nitrogen and oxygen atoms in total. The first-order chi connectivity index (χ1) is 6.33. The van der Waals surface area contributed by atoms with Gasteiger partial charge < -0.3 is 4.74 Å². The van der Waals surface area contributed by atoms with E-state index in [2.05, 4.69) is 15.6 Å². The maximum absolute atomic E-state index is 11.0. The molecule has 0 fully saturated rings. The molecule has 1 aromatic heterocycles. The molecule has 0 aliphatic rings. The van der Waals surface area contributed by atoms with Crippen molar-refractivity contribution in [2.24, 2.45) is 0 Å². The molecule has 0 aliphatic carbocycles. The molecule has 0 bridgehead atoms. The third-order valence-electron chi connectivity index (χ3n) is 1.37. The summed E-state index contributed by atoms with van der Waals surface area (Å²) in [7, 11) is 0. The molecule has 0 unspecified atom stereocenters. The predicted molar refractivity (Wildman–Crippen MR) is 47.7 cm³/mol. The average Bonchev–Trinajstić information content (AvgIpc) is 2.16. The van der Waals surface area contributed by atoms with Crippen LogP contribution in [-0.2, 0) is 16.0 Å². The smallest absolute Gasteiger partial charge is 0.312 e. The Labute approximate surface area is 76.8 Å². The zero-order chi connectivity index (χ0) is 9.52. The van der Waals surface area contributed by atoms with E-state index < -0.39 is 0 Å². The van der Waals surface area contributed by atoms with Crippen LogP contribution in [0.5, 0.6) is 0 Å². The Balaban J connectivity index is 2.42. The number of carbonyl (C=O) groups excluding carboxylic acids is 1. The topological polar surface area (TPSA) is 39.2 Å². The van der Waals surface area contributed by atoms with Crippen molar-refractivity contribution < 1.29 is 9.53 Å². The second-order valence-corrected chi connectivity index (χ2v) is 2.36. The fourth-order valence-corrected chi connectivity index (χ4v) is 0.824. The molecule has 1 rings (SSSR count). The summed E-state index contributed by atoms with van der Waals surface area (Å²) in [5, 5.41) is 0. The molecule has 0 aliphatic heterocycles. The van der Waals surface area contributed by atoms with Gasteiger partial charge in [-0.1, -0.05) is 12.0 Å². The van der Waals surface area contributed by atoms with Crippen molar-refractivity contribution in [2.75, 3.05) is 6.61 Å². The quantitative estimate of drug-likeness (QED) is 0.504. The third kappa shape index (κ3) is 3.39. The third-order valence-corrected chi connectivity index (χ3v) is 1.37. The van der Waals surface area contributed by atoms with E-state index in [1.807, 2.05) is 6.07 Å². The van der Waals surface area contributed by atoms with Gasteiger partial charge in [0, 0.05) is 6.20 Å². The van der Waals surface area contributed by atoms with Crippen LogP contribution < -0.4 is 0 Å². The molecule has 0 saturated heterocycles. The number of hydrogen-bond acceptors (Lipinski definition) is 3. The van der Waals surface area contributed by atoms with Crippen molar-refractivity contribution in [3.05, 3.63) is 30.1 Å². The number of ether oxygens (including phenoxy) is 1. The lowest BCUT2D eigenvalue weighted by Crippen LogP contribution is -2.08. The minimum absolute atomic E-state index is 0.0195. The van der Waals surface area contributed by atoms with Crippen LogP contribution in [0.4, 0.5) is 0 Å². The lowest BCUT2D eigenvalue weighted by Gasteiger charge is -1.99. The number of rotatable bonds is 3. The van der Waals surface area contributed by atoms with Crippen LogP contribution in [0.15, 0.2) is 24.4 Å². The number of esters is 1. The first-order valence-corrected chi connectivity index (χ1v) is 3.82. The molecule has 1 heterocycles. The van der Waals surface area contributed by atoms with Crippen molar-refractivity contribution in [3.63, 3.8) is 0 Å². The number of nitrogens with zero attached hydrogens (tertiary/aromatic N) is 1. The summed E-state index contributed by atoms with van der Waals surface area (Å²) in [5.41, 5.74) is 0.685. The van der Waals surface area contributed by atoms with E-state index in [1.54, 1.807) is 18.3 Å². The zero-order valence-corrected chi connectivity index (χ0v) is 7.06. The van der Waals surface area contributed by atoms with E-state index in [0.29, 0.717) is 5.69 Å². The second kappa shape index (κ2) is 4.94. The minimum atomic E-state index is -0.350. The van der Waals surface area contributed by atoms with Gasteiger partial charge in [0.1, 0.15) is 0 Å². The highest BCUT2D eigenvalue weighted by Crippen LogP contribution is 1.95. The van der Waals surface area contributed by atoms with Crippen LogP contribution in [-0.4, -0.2) is 17.6 Å². The van der Waals surface area contributed by atoms with Gasteiger partial charge in [0.2, 0.25) is 0 Å². The van der Waals surface area contributed by atoms with Gasteiger partial charge in [-0.05, 0) is 12.1 Å². The Morgan fingerprint density at radius 1 is 1.62 bits per heavy atom. The SMILES string of the molecule is C#CCOC(=O)Cc1ccccn1. The molecule has 0 amide bonds. The maximum atomic E-state index is 11.0. The summed E-state index contributed by atoms with van der Waals surface area (Å²) in [4.78, 5) is 15.0.